The van der Waals surface area contributed by atoms with Gasteiger partial charge in [-0.2, -0.15) is 11.3 Å². The van der Waals surface area contributed by atoms with Crippen molar-refractivity contribution in [2.75, 3.05) is 0 Å². The minimum Gasteiger partial charge on any atom is -0.352 e. The molecule has 0 aliphatic heterocycles. The number of nitrogens with zero attached hydrogens (tertiary/aromatic N) is 1. The molecule has 4 heteroatoms. The van der Waals surface area contributed by atoms with Gasteiger partial charge in [-0.05, 0) is 52.8 Å². The highest BCUT2D eigenvalue weighted by atomic mass is 32.1. The van der Waals surface area contributed by atoms with E-state index in [-0.39, 0.29) is 11.8 Å². The first kappa shape index (κ1) is 12.1. The average Bonchev–Trinajstić information content (AvgIpc) is 3.38. The van der Waals surface area contributed by atoms with Crippen LogP contribution in [0.2, 0.25) is 0 Å². The molecule has 3 nitrogen and oxygen atoms in total. The minimum absolute atomic E-state index is 0.155. The third kappa shape index (κ3) is 2.24. The minimum atomic E-state index is 0.155. The van der Waals surface area contributed by atoms with Crippen molar-refractivity contribution in [2.45, 2.75) is 30.7 Å². The lowest BCUT2D eigenvalue weighted by atomic mass is 10.1. The molecule has 0 bridgehead atoms. The normalized spacial score (nSPS) is 30.8. The van der Waals surface area contributed by atoms with E-state index < -0.39 is 0 Å². The summed E-state index contributed by atoms with van der Waals surface area (Å²) in [5.41, 5.74) is 2.57. The van der Waals surface area contributed by atoms with Gasteiger partial charge in [0.15, 0.2) is 0 Å². The predicted octanol–water partition coefficient (Wildman–Crippen LogP) is 2.92. The Labute approximate surface area is 122 Å². The number of nitrogens with one attached hydrogen (secondary N) is 1. The maximum absolute atomic E-state index is 12.2. The van der Waals surface area contributed by atoms with Crippen molar-refractivity contribution in [2.24, 2.45) is 5.92 Å². The van der Waals surface area contributed by atoms with Crippen LogP contribution >= 0.6 is 11.3 Å². The Morgan fingerprint density at radius 3 is 2.95 bits per heavy atom. The third-order valence-corrected chi connectivity index (χ3v) is 5.03. The molecule has 2 aliphatic rings. The summed E-state index contributed by atoms with van der Waals surface area (Å²) in [6.45, 7) is 0. The summed E-state index contributed by atoms with van der Waals surface area (Å²) < 4.78 is 0. The second-order valence-electron chi connectivity index (χ2n) is 5.75. The fraction of sp³-hybridized carbons (Fsp3) is 0.375. The molecule has 0 unspecified atom stereocenters. The van der Waals surface area contributed by atoms with E-state index in [0.717, 1.165) is 12.8 Å². The third-order valence-electron chi connectivity index (χ3n) is 4.33. The molecule has 4 rings (SSSR count). The van der Waals surface area contributed by atoms with E-state index in [1.807, 2.05) is 12.3 Å². The maximum Gasteiger partial charge on any atom is 0.223 e. The van der Waals surface area contributed by atoms with E-state index in [1.54, 1.807) is 17.5 Å². The van der Waals surface area contributed by atoms with Gasteiger partial charge in [-0.1, -0.05) is 6.07 Å². The first-order valence-electron chi connectivity index (χ1n) is 7.05. The van der Waals surface area contributed by atoms with Crippen molar-refractivity contribution in [3.05, 3.63) is 52.5 Å². The highest BCUT2D eigenvalue weighted by Gasteiger charge is 2.47. The highest BCUT2D eigenvalue weighted by Crippen LogP contribution is 2.48. The highest BCUT2D eigenvalue weighted by molar-refractivity contribution is 7.08. The SMILES string of the molecule is O=C(N[C@@H]1C[C@H]1c1ccsc1)[C@@H]1C[C@H]1c1cccnc1. The zero-order valence-electron chi connectivity index (χ0n) is 11.0. The summed E-state index contributed by atoms with van der Waals surface area (Å²) in [5, 5.41) is 7.49. The van der Waals surface area contributed by atoms with Crippen molar-refractivity contribution in [3.8, 4) is 0 Å². The molecule has 0 saturated heterocycles. The molecule has 2 aliphatic carbocycles. The van der Waals surface area contributed by atoms with Crippen LogP contribution in [0, 0.1) is 5.92 Å². The zero-order chi connectivity index (χ0) is 13.5. The molecular formula is C16H16N2OS. The fourth-order valence-corrected chi connectivity index (χ4v) is 3.67. The second-order valence-corrected chi connectivity index (χ2v) is 6.53. The molecule has 20 heavy (non-hydrogen) atoms. The molecule has 2 heterocycles. The molecule has 2 aromatic rings. The number of aromatic nitrogens is 1. The van der Waals surface area contributed by atoms with E-state index in [0.29, 0.717) is 17.9 Å². The van der Waals surface area contributed by atoms with E-state index in [9.17, 15) is 4.79 Å². The average molecular weight is 284 g/mol. The van der Waals surface area contributed by atoms with Gasteiger partial charge >= 0.3 is 0 Å². The van der Waals surface area contributed by atoms with Crippen molar-refractivity contribution in [3.63, 3.8) is 0 Å². The summed E-state index contributed by atoms with van der Waals surface area (Å²) in [6, 6.07) is 6.52. The van der Waals surface area contributed by atoms with Crippen LogP contribution in [-0.4, -0.2) is 16.9 Å². The van der Waals surface area contributed by atoms with E-state index in [2.05, 4.69) is 33.2 Å². The smallest absolute Gasteiger partial charge is 0.223 e. The molecule has 2 saturated carbocycles. The molecule has 0 aromatic carbocycles. The lowest BCUT2D eigenvalue weighted by Crippen LogP contribution is -2.28. The molecule has 0 radical (unpaired) electrons. The van der Waals surface area contributed by atoms with Crippen LogP contribution in [0.5, 0.6) is 0 Å². The fourth-order valence-electron chi connectivity index (χ4n) is 2.95. The zero-order valence-corrected chi connectivity index (χ0v) is 11.8. The quantitative estimate of drug-likeness (QED) is 0.938. The van der Waals surface area contributed by atoms with Crippen LogP contribution in [0.15, 0.2) is 41.4 Å². The molecule has 2 aromatic heterocycles. The van der Waals surface area contributed by atoms with Crippen LogP contribution in [0.4, 0.5) is 0 Å². The Bertz CT molecular complexity index is 611. The number of pyridine rings is 1. The van der Waals surface area contributed by atoms with Crippen molar-refractivity contribution in [1.82, 2.24) is 10.3 Å². The monoisotopic (exact) mass is 284 g/mol. The Hall–Kier alpha value is -1.68. The Kier molecular flexibility index (Phi) is 2.84. The van der Waals surface area contributed by atoms with Gasteiger partial charge in [0.25, 0.3) is 0 Å². The van der Waals surface area contributed by atoms with Crippen LogP contribution in [0.1, 0.15) is 35.8 Å². The molecule has 2 fully saturated rings. The number of carbonyl (C=O) groups excluding carboxylic acids is 1. The summed E-state index contributed by atoms with van der Waals surface area (Å²) >= 11 is 1.73. The van der Waals surface area contributed by atoms with Gasteiger partial charge in [0.1, 0.15) is 0 Å². The van der Waals surface area contributed by atoms with Gasteiger partial charge in [0.05, 0.1) is 0 Å². The number of carbonyl (C=O) groups is 1. The van der Waals surface area contributed by atoms with Crippen LogP contribution < -0.4 is 5.32 Å². The summed E-state index contributed by atoms with van der Waals surface area (Å²) in [6.07, 6.45) is 5.71. The van der Waals surface area contributed by atoms with Crippen molar-refractivity contribution < 1.29 is 4.79 Å². The topological polar surface area (TPSA) is 42.0 Å². The molecule has 1 N–H and O–H groups in total. The Balaban J connectivity index is 1.33. The lowest BCUT2D eigenvalue weighted by Gasteiger charge is -2.04. The van der Waals surface area contributed by atoms with Crippen LogP contribution in [-0.2, 0) is 4.79 Å². The molecule has 0 spiro atoms. The van der Waals surface area contributed by atoms with Gasteiger partial charge in [0, 0.05) is 30.3 Å². The largest absolute Gasteiger partial charge is 0.352 e. The number of rotatable bonds is 4. The second kappa shape index (κ2) is 4.70. The van der Waals surface area contributed by atoms with E-state index in [4.69, 9.17) is 0 Å². The van der Waals surface area contributed by atoms with Gasteiger partial charge in [-0.3, -0.25) is 9.78 Å². The first-order valence-corrected chi connectivity index (χ1v) is 7.99. The van der Waals surface area contributed by atoms with Gasteiger partial charge in [-0.25, -0.2) is 0 Å². The summed E-state index contributed by atoms with van der Waals surface area (Å²) in [7, 11) is 0. The standard InChI is InChI=1S/C16H16N2OS/c19-16(14-6-12(14)10-2-1-4-17-8-10)18-15-7-13(15)11-3-5-20-9-11/h1-5,8-9,12-15H,6-7H2,(H,18,19)/t12-,13-,14+,15+/m0/s1. The van der Waals surface area contributed by atoms with Gasteiger partial charge in [-0.15, -0.1) is 0 Å². The lowest BCUT2D eigenvalue weighted by molar-refractivity contribution is -0.122. The summed E-state index contributed by atoms with van der Waals surface area (Å²) in [5.74, 6) is 1.30. The van der Waals surface area contributed by atoms with E-state index in [1.165, 1.54) is 11.1 Å². The van der Waals surface area contributed by atoms with Crippen LogP contribution in [0.3, 0.4) is 0 Å². The Morgan fingerprint density at radius 2 is 2.20 bits per heavy atom. The molecular weight excluding hydrogens is 268 g/mol. The number of amides is 1. The summed E-state index contributed by atoms with van der Waals surface area (Å²) in [4.78, 5) is 16.4. The first-order chi connectivity index (χ1) is 9.83. The predicted molar refractivity (Wildman–Crippen MR) is 78.7 cm³/mol. The number of hydrogen-bond acceptors (Lipinski definition) is 3. The molecule has 1 amide bonds. The number of thiophene rings is 1. The van der Waals surface area contributed by atoms with Gasteiger partial charge in [0.2, 0.25) is 5.91 Å². The number of hydrogen-bond donors (Lipinski definition) is 1. The van der Waals surface area contributed by atoms with Crippen molar-refractivity contribution in [1.29, 1.82) is 0 Å². The van der Waals surface area contributed by atoms with E-state index >= 15 is 0 Å². The molecule has 4 atom stereocenters. The van der Waals surface area contributed by atoms with Crippen LogP contribution in [0.25, 0.3) is 0 Å². The maximum atomic E-state index is 12.2. The Morgan fingerprint density at radius 1 is 1.25 bits per heavy atom. The van der Waals surface area contributed by atoms with Crippen molar-refractivity contribution >= 4 is 17.2 Å². The molecule has 102 valence electrons. The van der Waals surface area contributed by atoms with Gasteiger partial charge < -0.3 is 5.32 Å².